The fourth-order valence-electron chi connectivity index (χ4n) is 4.39. The predicted molar refractivity (Wildman–Crippen MR) is 136 cm³/mol. The normalized spacial score (nSPS) is 16.8. The van der Waals surface area contributed by atoms with Gasteiger partial charge < -0.3 is 14.7 Å². The lowest BCUT2D eigenvalue weighted by atomic mass is 9.95. The van der Waals surface area contributed by atoms with E-state index in [1.807, 2.05) is 78.9 Å². The van der Waals surface area contributed by atoms with Gasteiger partial charge in [0.1, 0.15) is 17.3 Å². The van der Waals surface area contributed by atoms with E-state index in [-0.39, 0.29) is 11.3 Å². The molecule has 1 amide bonds. The van der Waals surface area contributed by atoms with Gasteiger partial charge in [-0.15, -0.1) is 0 Å². The SMILES string of the molecule is O=C1C(=O)N(CCc2ccccc2)C(c2cccc(Oc3ccccc3)c2)/C1=C(\O)c1ccncc1. The van der Waals surface area contributed by atoms with Crippen molar-refractivity contribution in [1.29, 1.82) is 0 Å². The van der Waals surface area contributed by atoms with Gasteiger partial charge in [-0.05, 0) is 53.9 Å². The molecular weight excluding hydrogens is 452 g/mol. The summed E-state index contributed by atoms with van der Waals surface area (Å²) >= 11 is 0. The van der Waals surface area contributed by atoms with E-state index < -0.39 is 17.7 Å². The van der Waals surface area contributed by atoms with E-state index in [4.69, 9.17) is 4.74 Å². The quantitative estimate of drug-likeness (QED) is 0.215. The van der Waals surface area contributed by atoms with Crippen LogP contribution in [-0.4, -0.2) is 33.2 Å². The first kappa shape index (κ1) is 23.1. The average molecular weight is 477 g/mol. The molecule has 0 saturated carbocycles. The molecule has 0 bridgehead atoms. The number of carbonyl (C=O) groups excluding carboxylic acids is 2. The van der Waals surface area contributed by atoms with Gasteiger partial charge >= 0.3 is 0 Å². The summed E-state index contributed by atoms with van der Waals surface area (Å²) < 4.78 is 6.00. The zero-order chi connectivity index (χ0) is 24.9. The molecule has 4 aromatic rings. The molecule has 0 aliphatic carbocycles. The van der Waals surface area contributed by atoms with Crippen LogP contribution in [0.4, 0.5) is 0 Å². The van der Waals surface area contributed by atoms with Gasteiger partial charge in [0.05, 0.1) is 11.6 Å². The average Bonchev–Trinajstić information content (AvgIpc) is 3.18. The fourth-order valence-corrected chi connectivity index (χ4v) is 4.39. The number of ether oxygens (including phenoxy) is 1. The Morgan fingerprint density at radius 1 is 0.833 bits per heavy atom. The number of likely N-dealkylation sites (tertiary alicyclic amines) is 1. The summed E-state index contributed by atoms with van der Waals surface area (Å²) in [6, 6.07) is 28.9. The maximum atomic E-state index is 13.2. The molecule has 1 fully saturated rings. The zero-order valence-corrected chi connectivity index (χ0v) is 19.5. The van der Waals surface area contributed by atoms with Crippen LogP contribution < -0.4 is 4.74 Å². The number of ketones is 1. The molecule has 1 saturated heterocycles. The van der Waals surface area contributed by atoms with E-state index in [2.05, 4.69) is 4.98 Å². The van der Waals surface area contributed by atoms with Gasteiger partial charge in [-0.3, -0.25) is 14.6 Å². The summed E-state index contributed by atoms with van der Waals surface area (Å²) in [7, 11) is 0. The number of pyridine rings is 1. The number of Topliss-reactive ketones (excluding diaryl/α,β-unsaturated/α-hetero) is 1. The second kappa shape index (κ2) is 10.3. The topological polar surface area (TPSA) is 79.7 Å². The van der Waals surface area contributed by atoms with Crippen LogP contribution in [0.15, 0.2) is 115 Å². The Hall–Kier alpha value is -4.71. The Bertz CT molecular complexity index is 1400. The smallest absolute Gasteiger partial charge is 0.295 e. The summed E-state index contributed by atoms with van der Waals surface area (Å²) in [5.74, 6) is -0.337. The van der Waals surface area contributed by atoms with Gasteiger partial charge in [0, 0.05) is 24.5 Å². The van der Waals surface area contributed by atoms with Crippen LogP contribution >= 0.6 is 0 Å². The minimum Gasteiger partial charge on any atom is -0.507 e. The minimum atomic E-state index is -0.763. The van der Waals surface area contributed by atoms with Crippen molar-refractivity contribution >= 4 is 17.4 Å². The minimum absolute atomic E-state index is 0.0520. The third-order valence-electron chi connectivity index (χ3n) is 6.13. The molecule has 3 aromatic carbocycles. The molecular formula is C30H24N2O4. The molecule has 1 aromatic heterocycles. The number of carbonyl (C=O) groups is 2. The lowest BCUT2D eigenvalue weighted by Crippen LogP contribution is -2.31. The number of aliphatic hydroxyl groups is 1. The van der Waals surface area contributed by atoms with E-state index in [0.717, 1.165) is 5.56 Å². The van der Waals surface area contributed by atoms with Gasteiger partial charge in [-0.25, -0.2) is 0 Å². The Labute approximate surface area is 209 Å². The number of nitrogens with zero attached hydrogens (tertiary/aromatic N) is 2. The molecule has 178 valence electrons. The monoisotopic (exact) mass is 476 g/mol. The molecule has 5 rings (SSSR count). The Kier molecular flexibility index (Phi) is 6.58. The van der Waals surface area contributed by atoms with Crippen molar-refractivity contribution in [3.63, 3.8) is 0 Å². The van der Waals surface area contributed by atoms with Gasteiger partial charge in [0.15, 0.2) is 0 Å². The van der Waals surface area contributed by atoms with Crippen molar-refractivity contribution in [2.45, 2.75) is 12.5 Å². The molecule has 0 radical (unpaired) electrons. The van der Waals surface area contributed by atoms with E-state index in [1.54, 1.807) is 18.2 Å². The first-order chi connectivity index (χ1) is 17.6. The van der Waals surface area contributed by atoms with Crippen LogP contribution in [0.2, 0.25) is 0 Å². The fraction of sp³-hybridized carbons (Fsp3) is 0.100. The van der Waals surface area contributed by atoms with Crippen LogP contribution in [0.1, 0.15) is 22.7 Å². The number of hydrogen-bond acceptors (Lipinski definition) is 5. The van der Waals surface area contributed by atoms with Gasteiger partial charge in [-0.2, -0.15) is 0 Å². The van der Waals surface area contributed by atoms with Crippen LogP contribution in [0.3, 0.4) is 0 Å². The van der Waals surface area contributed by atoms with Crippen molar-refractivity contribution in [2.75, 3.05) is 6.54 Å². The summed E-state index contributed by atoms with van der Waals surface area (Å²) in [4.78, 5) is 32.0. The highest BCUT2D eigenvalue weighted by atomic mass is 16.5. The number of benzene rings is 3. The molecule has 1 atom stereocenters. The maximum absolute atomic E-state index is 13.2. The predicted octanol–water partition coefficient (Wildman–Crippen LogP) is 5.54. The highest BCUT2D eigenvalue weighted by Crippen LogP contribution is 2.40. The van der Waals surface area contributed by atoms with Crippen LogP contribution in [0.5, 0.6) is 11.5 Å². The third kappa shape index (κ3) is 4.74. The van der Waals surface area contributed by atoms with Gasteiger partial charge in [0.25, 0.3) is 11.7 Å². The van der Waals surface area contributed by atoms with Crippen molar-refractivity contribution in [1.82, 2.24) is 9.88 Å². The summed E-state index contributed by atoms with van der Waals surface area (Å²) in [5, 5.41) is 11.2. The first-order valence-electron chi connectivity index (χ1n) is 11.7. The third-order valence-corrected chi connectivity index (χ3v) is 6.13. The van der Waals surface area contributed by atoms with Crippen LogP contribution in [-0.2, 0) is 16.0 Å². The molecule has 1 unspecified atom stereocenters. The Balaban J connectivity index is 1.56. The summed E-state index contributed by atoms with van der Waals surface area (Å²) in [6.45, 7) is 0.316. The zero-order valence-electron chi connectivity index (χ0n) is 19.5. The Morgan fingerprint density at radius 3 is 2.22 bits per heavy atom. The number of para-hydroxylation sites is 1. The lowest BCUT2D eigenvalue weighted by molar-refractivity contribution is -0.139. The molecule has 1 N–H and O–H groups in total. The van der Waals surface area contributed by atoms with Crippen molar-refractivity contribution in [3.05, 3.63) is 132 Å². The van der Waals surface area contributed by atoms with E-state index in [9.17, 15) is 14.7 Å². The van der Waals surface area contributed by atoms with Crippen molar-refractivity contribution < 1.29 is 19.4 Å². The molecule has 6 heteroatoms. The second-order valence-corrected chi connectivity index (χ2v) is 8.45. The lowest BCUT2D eigenvalue weighted by Gasteiger charge is -2.25. The summed E-state index contributed by atoms with van der Waals surface area (Å²) in [6.07, 6.45) is 3.63. The molecule has 36 heavy (non-hydrogen) atoms. The number of rotatable bonds is 7. The first-order valence-corrected chi connectivity index (χ1v) is 11.7. The number of hydrogen-bond donors (Lipinski definition) is 1. The van der Waals surface area contributed by atoms with E-state index in [1.165, 1.54) is 17.3 Å². The van der Waals surface area contributed by atoms with Crippen molar-refractivity contribution in [3.8, 4) is 11.5 Å². The van der Waals surface area contributed by atoms with E-state index >= 15 is 0 Å². The standard InChI is InChI=1S/C30H24N2O4/c33-28(22-14-17-31-18-15-22)26-27(23-10-7-13-25(20-23)36-24-11-5-2-6-12-24)32(30(35)29(26)34)19-16-21-8-3-1-4-9-21/h1-15,17-18,20,27,33H,16,19H2/b28-26+. The van der Waals surface area contributed by atoms with Crippen molar-refractivity contribution in [2.24, 2.45) is 0 Å². The number of aliphatic hydroxyl groups excluding tert-OH is 1. The number of amides is 1. The Morgan fingerprint density at radius 2 is 1.50 bits per heavy atom. The van der Waals surface area contributed by atoms with Crippen LogP contribution in [0.25, 0.3) is 5.76 Å². The molecule has 1 aliphatic heterocycles. The summed E-state index contributed by atoms with van der Waals surface area (Å²) in [5.41, 5.74) is 2.20. The molecule has 1 aliphatic rings. The highest BCUT2D eigenvalue weighted by molar-refractivity contribution is 6.46. The molecule has 0 spiro atoms. The highest BCUT2D eigenvalue weighted by Gasteiger charge is 2.46. The van der Waals surface area contributed by atoms with Gasteiger partial charge in [0.2, 0.25) is 0 Å². The molecule has 2 heterocycles. The van der Waals surface area contributed by atoms with Gasteiger partial charge in [-0.1, -0.05) is 60.7 Å². The maximum Gasteiger partial charge on any atom is 0.295 e. The number of aromatic nitrogens is 1. The molecule has 6 nitrogen and oxygen atoms in total. The van der Waals surface area contributed by atoms with Crippen LogP contribution in [0, 0.1) is 0 Å². The van der Waals surface area contributed by atoms with E-state index in [0.29, 0.717) is 35.6 Å². The second-order valence-electron chi connectivity index (χ2n) is 8.45. The largest absolute Gasteiger partial charge is 0.507 e.